The first-order valence-corrected chi connectivity index (χ1v) is 20.1. The van der Waals surface area contributed by atoms with Crippen LogP contribution in [0.3, 0.4) is 0 Å². The van der Waals surface area contributed by atoms with E-state index in [9.17, 15) is 0 Å². The number of benzene rings is 8. The quantitative estimate of drug-likeness (QED) is 0.175. The number of furan rings is 1. The molecule has 3 heterocycles. The van der Waals surface area contributed by atoms with Gasteiger partial charge in [0.2, 0.25) is 0 Å². The average Bonchev–Trinajstić information content (AvgIpc) is 3.92. The van der Waals surface area contributed by atoms with E-state index in [0.717, 1.165) is 55.3 Å². The second-order valence-corrected chi connectivity index (χ2v) is 16.0. The Hall–Kier alpha value is -7.63. The highest BCUT2D eigenvalue weighted by atomic mass is 16.3. The van der Waals surface area contributed by atoms with Crippen LogP contribution in [-0.2, 0) is 5.41 Å². The maximum absolute atomic E-state index is 6.92. The third-order valence-electron chi connectivity index (χ3n) is 12.3. The molecule has 59 heavy (non-hydrogen) atoms. The predicted octanol–water partition coefficient (Wildman–Crippen LogP) is 13.8. The molecule has 1 aliphatic rings. The second kappa shape index (κ2) is 12.7. The highest BCUT2D eigenvalue weighted by molar-refractivity contribution is 6.13. The molecule has 3 aromatic heterocycles. The number of hydrogen-bond donors (Lipinski definition) is 0. The van der Waals surface area contributed by atoms with Gasteiger partial charge in [0.1, 0.15) is 5.58 Å². The molecule has 0 fully saturated rings. The first-order valence-electron chi connectivity index (χ1n) is 20.1. The number of para-hydroxylation sites is 2. The molecule has 11 aromatic rings. The highest BCUT2D eigenvalue weighted by Gasteiger charge is 2.37. The number of hydrogen-bond acceptors (Lipinski definition) is 4. The molecule has 0 unspecified atom stereocenters. The van der Waals surface area contributed by atoms with Crippen molar-refractivity contribution in [1.82, 2.24) is 19.5 Å². The van der Waals surface area contributed by atoms with Crippen molar-refractivity contribution in [2.24, 2.45) is 0 Å². The molecule has 0 bridgehead atoms. The van der Waals surface area contributed by atoms with Crippen LogP contribution < -0.4 is 0 Å². The van der Waals surface area contributed by atoms with Gasteiger partial charge in [0.25, 0.3) is 0 Å². The summed E-state index contributed by atoms with van der Waals surface area (Å²) in [5.74, 6) is 1.87. The van der Waals surface area contributed by atoms with Crippen molar-refractivity contribution in [3.8, 4) is 62.1 Å². The normalized spacial score (nSPS) is 13.1. The van der Waals surface area contributed by atoms with Gasteiger partial charge in [-0.05, 0) is 69.8 Å². The van der Waals surface area contributed by atoms with Crippen LogP contribution in [0.5, 0.6) is 0 Å². The number of aromatic nitrogens is 4. The first kappa shape index (κ1) is 33.5. The van der Waals surface area contributed by atoms with Gasteiger partial charge in [-0.2, -0.15) is 0 Å². The molecule has 0 aliphatic heterocycles. The standard InChI is InChI=1S/C54H36N4O/c1-54(2)43-23-11-9-20-40(43)49-41(22-13-24-44(49)54)53-56-51(34-17-7-4-8-18-34)55-52(57-53)36-27-29-38-39-21-14-26-47(50(39)59-48(38)32-36)58-45-25-12-10-19-37(45)42-31-35(28-30-46(42)58)33-15-5-3-6-16-33/h3-32H,1-2H3. The Bertz CT molecular complexity index is 3470. The lowest BCUT2D eigenvalue weighted by Crippen LogP contribution is -2.14. The van der Waals surface area contributed by atoms with Crippen molar-refractivity contribution in [3.63, 3.8) is 0 Å². The predicted molar refractivity (Wildman–Crippen MR) is 241 cm³/mol. The van der Waals surface area contributed by atoms with Crippen molar-refractivity contribution in [2.75, 3.05) is 0 Å². The summed E-state index contributed by atoms with van der Waals surface area (Å²) >= 11 is 0. The molecule has 0 atom stereocenters. The van der Waals surface area contributed by atoms with Gasteiger partial charge >= 0.3 is 0 Å². The maximum atomic E-state index is 6.92. The fourth-order valence-corrected chi connectivity index (χ4v) is 9.42. The van der Waals surface area contributed by atoms with E-state index in [-0.39, 0.29) is 5.41 Å². The monoisotopic (exact) mass is 756 g/mol. The molecule has 0 N–H and O–H groups in total. The van der Waals surface area contributed by atoms with Gasteiger partial charge in [0, 0.05) is 43.7 Å². The van der Waals surface area contributed by atoms with Crippen LogP contribution >= 0.6 is 0 Å². The van der Waals surface area contributed by atoms with Crippen molar-refractivity contribution in [3.05, 3.63) is 193 Å². The third kappa shape index (κ3) is 5.08. The Balaban J connectivity index is 1.03. The second-order valence-electron chi connectivity index (χ2n) is 16.0. The summed E-state index contributed by atoms with van der Waals surface area (Å²) in [6, 6.07) is 64.1. The van der Waals surface area contributed by atoms with Gasteiger partial charge in [0.15, 0.2) is 23.1 Å². The third-order valence-corrected chi connectivity index (χ3v) is 12.3. The molecule has 0 saturated heterocycles. The van der Waals surface area contributed by atoms with E-state index in [2.05, 4.69) is 182 Å². The van der Waals surface area contributed by atoms with E-state index < -0.39 is 0 Å². The van der Waals surface area contributed by atoms with Crippen molar-refractivity contribution >= 4 is 43.7 Å². The van der Waals surface area contributed by atoms with Gasteiger partial charge in [-0.15, -0.1) is 0 Å². The number of fused-ring (bicyclic) bond motifs is 9. The molecule has 1 aliphatic carbocycles. The molecular weight excluding hydrogens is 721 g/mol. The lowest BCUT2D eigenvalue weighted by atomic mass is 9.82. The zero-order valence-corrected chi connectivity index (χ0v) is 32.5. The minimum atomic E-state index is -0.143. The molecule has 8 aromatic carbocycles. The Morgan fingerprint density at radius 1 is 0.424 bits per heavy atom. The summed E-state index contributed by atoms with van der Waals surface area (Å²) in [5.41, 5.74) is 14.9. The first-order chi connectivity index (χ1) is 29.0. The minimum absolute atomic E-state index is 0.143. The lowest BCUT2D eigenvalue weighted by Gasteiger charge is -2.21. The van der Waals surface area contributed by atoms with Crippen LogP contribution in [0.4, 0.5) is 0 Å². The topological polar surface area (TPSA) is 56.7 Å². The molecule has 0 saturated carbocycles. The average molecular weight is 757 g/mol. The van der Waals surface area contributed by atoms with Gasteiger partial charge < -0.3 is 8.98 Å². The molecule has 5 nitrogen and oxygen atoms in total. The number of nitrogens with zero attached hydrogens (tertiary/aromatic N) is 4. The summed E-state index contributed by atoms with van der Waals surface area (Å²) in [6.07, 6.45) is 0. The maximum Gasteiger partial charge on any atom is 0.164 e. The summed E-state index contributed by atoms with van der Waals surface area (Å²) in [5, 5.41) is 4.49. The summed E-state index contributed by atoms with van der Waals surface area (Å²) in [7, 11) is 0. The van der Waals surface area contributed by atoms with Crippen LogP contribution in [0.15, 0.2) is 186 Å². The van der Waals surface area contributed by atoms with E-state index in [1.165, 1.54) is 44.2 Å². The van der Waals surface area contributed by atoms with Crippen LogP contribution in [-0.4, -0.2) is 19.5 Å². The van der Waals surface area contributed by atoms with E-state index in [0.29, 0.717) is 17.5 Å². The molecule has 0 radical (unpaired) electrons. The zero-order chi connectivity index (χ0) is 39.2. The molecule has 12 rings (SSSR count). The summed E-state index contributed by atoms with van der Waals surface area (Å²) in [6.45, 7) is 4.60. The Labute approximate surface area is 340 Å². The van der Waals surface area contributed by atoms with Gasteiger partial charge in [-0.25, -0.2) is 15.0 Å². The zero-order valence-electron chi connectivity index (χ0n) is 32.5. The van der Waals surface area contributed by atoms with Gasteiger partial charge in [-0.1, -0.05) is 159 Å². The Kier molecular flexibility index (Phi) is 7.20. The lowest BCUT2D eigenvalue weighted by molar-refractivity contribution is 0.660. The Morgan fingerprint density at radius 2 is 1.05 bits per heavy atom. The largest absolute Gasteiger partial charge is 0.454 e. The van der Waals surface area contributed by atoms with Gasteiger partial charge in [-0.3, -0.25) is 0 Å². The molecule has 278 valence electrons. The smallest absolute Gasteiger partial charge is 0.164 e. The minimum Gasteiger partial charge on any atom is -0.454 e. The summed E-state index contributed by atoms with van der Waals surface area (Å²) < 4.78 is 9.26. The van der Waals surface area contributed by atoms with E-state index in [1.54, 1.807) is 0 Å². The summed E-state index contributed by atoms with van der Waals surface area (Å²) in [4.78, 5) is 15.5. The SMILES string of the molecule is CC1(C)c2ccccc2-c2c(-c3nc(-c4ccccc4)nc(-c4ccc5c(c4)oc4c(-n6c7ccccc7c7cc(-c8ccccc8)ccc76)cccc45)n3)cccc21. The van der Waals surface area contributed by atoms with Crippen LogP contribution in [0.25, 0.3) is 106 Å². The van der Waals surface area contributed by atoms with E-state index >= 15 is 0 Å². The Morgan fingerprint density at radius 3 is 1.90 bits per heavy atom. The molecule has 5 heteroatoms. The van der Waals surface area contributed by atoms with E-state index in [1.807, 2.05) is 18.2 Å². The highest BCUT2D eigenvalue weighted by Crippen LogP contribution is 2.52. The van der Waals surface area contributed by atoms with Crippen LogP contribution in [0.1, 0.15) is 25.0 Å². The van der Waals surface area contributed by atoms with Gasteiger partial charge in [0.05, 0.1) is 16.7 Å². The van der Waals surface area contributed by atoms with Crippen LogP contribution in [0.2, 0.25) is 0 Å². The molecular formula is C54H36N4O. The number of rotatable bonds is 5. The van der Waals surface area contributed by atoms with Crippen LogP contribution in [0, 0.1) is 0 Å². The van der Waals surface area contributed by atoms with Crippen molar-refractivity contribution in [2.45, 2.75) is 19.3 Å². The van der Waals surface area contributed by atoms with Crippen molar-refractivity contribution in [1.29, 1.82) is 0 Å². The molecule has 0 amide bonds. The fourth-order valence-electron chi connectivity index (χ4n) is 9.42. The molecule has 0 spiro atoms. The van der Waals surface area contributed by atoms with Crippen molar-refractivity contribution < 1.29 is 4.42 Å². The fraction of sp³-hybridized carbons (Fsp3) is 0.0556. The van der Waals surface area contributed by atoms with E-state index in [4.69, 9.17) is 19.4 Å².